The van der Waals surface area contributed by atoms with E-state index in [0.29, 0.717) is 30.2 Å². The molecule has 3 aliphatic heterocycles. The molecule has 0 aromatic heterocycles. The zero-order chi connectivity index (χ0) is 22.5. The van der Waals surface area contributed by atoms with E-state index in [4.69, 9.17) is 0 Å². The second kappa shape index (κ2) is 11.0. The number of nitrogens with zero attached hydrogens (tertiary/aromatic N) is 3. The molecule has 3 amide bonds. The lowest BCUT2D eigenvalue weighted by molar-refractivity contribution is -0.136. The molecule has 4 rings (SSSR count). The molecular weight excluding hydrogens is 404 g/mol. The van der Waals surface area contributed by atoms with Crippen molar-refractivity contribution in [2.45, 2.75) is 77.2 Å². The molecule has 1 N–H and O–H groups in total. The van der Waals surface area contributed by atoms with Crippen LogP contribution < -0.4 is 5.32 Å². The van der Waals surface area contributed by atoms with Gasteiger partial charge >= 0.3 is 0 Å². The van der Waals surface area contributed by atoms with Gasteiger partial charge in [-0.3, -0.25) is 14.4 Å². The highest BCUT2D eigenvalue weighted by Gasteiger charge is 2.40. The van der Waals surface area contributed by atoms with Gasteiger partial charge in [0.2, 0.25) is 17.7 Å². The Bertz CT molecular complexity index is 670. The van der Waals surface area contributed by atoms with Gasteiger partial charge in [-0.25, -0.2) is 0 Å². The van der Waals surface area contributed by atoms with E-state index in [1.54, 1.807) is 0 Å². The summed E-state index contributed by atoms with van der Waals surface area (Å²) >= 11 is 0. The average molecular weight is 447 g/mol. The lowest BCUT2D eigenvalue weighted by atomic mass is 9.87. The standard InChI is InChI=1S/C25H42N4O3/c1-19-17-21(19)25(32)26-18-24(31)28-15-9-20(10-16-28)22-7-5-14-29(22)23(30)8-6-13-27-11-3-2-4-12-27/h19-22H,2-18H2,1H3,(H,26,32). The summed E-state index contributed by atoms with van der Waals surface area (Å²) in [5.74, 6) is 1.46. The Morgan fingerprint density at radius 3 is 2.28 bits per heavy atom. The molecule has 3 saturated heterocycles. The van der Waals surface area contributed by atoms with E-state index in [2.05, 4.69) is 22.0 Å². The molecule has 32 heavy (non-hydrogen) atoms. The zero-order valence-electron chi connectivity index (χ0n) is 19.9. The molecule has 0 aromatic rings. The normalized spacial score (nSPS) is 29.2. The van der Waals surface area contributed by atoms with Crippen LogP contribution in [0.15, 0.2) is 0 Å². The van der Waals surface area contributed by atoms with Crippen LogP contribution in [0.25, 0.3) is 0 Å². The van der Waals surface area contributed by atoms with Gasteiger partial charge in [-0.1, -0.05) is 13.3 Å². The number of amides is 3. The number of nitrogens with one attached hydrogen (secondary N) is 1. The first-order chi connectivity index (χ1) is 15.5. The third-order valence-electron chi connectivity index (χ3n) is 8.23. The highest BCUT2D eigenvalue weighted by atomic mass is 16.2. The zero-order valence-corrected chi connectivity index (χ0v) is 19.9. The molecule has 3 atom stereocenters. The third kappa shape index (κ3) is 6.03. The Hall–Kier alpha value is -1.63. The summed E-state index contributed by atoms with van der Waals surface area (Å²) in [6.07, 6.45) is 10.7. The largest absolute Gasteiger partial charge is 0.347 e. The number of piperidine rings is 2. The Balaban J connectivity index is 1.16. The molecular formula is C25H42N4O3. The van der Waals surface area contributed by atoms with Crippen LogP contribution in [0.2, 0.25) is 0 Å². The van der Waals surface area contributed by atoms with E-state index >= 15 is 0 Å². The predicted octanol–water partition coefficient (Wildman–Crippen LogP) is 2.25. The fraction of sp³-hybridized carbons (Fsp3) is 0.880. The van der Waals surface area contributed by atoms with E-state index < -0.39 is 0 Å². The van der Waals surface area contributed by atoms with Gasteiger partial charge in [0.25, 0.3) is 0 Å². The molecule has 3 unspecified atom stereocenters. The van der Waals surface area contributed by atoms with Crippen molar-refractivity contribution < 1.29 is 14.4 Å². The van der Waals surface area contributed by atoms with Crippen LogP contribution in [-0.2, 0) is 14.4 Å². The lowest BCUT2D eigenvalue weighted by Gasteiger charge is -2.38. The lowest BCUT2D eigenvalue weighted by Crippen LogP contribution is -2.48. The van der Waals surface area contributed by atoms with Crippen molar-refractivity contribution in [3.63, 3.8) is 0 Å². The minimum Gasteiger partial charge on any atom is -0.347 e. The Labute approximate surface area is 193 Å². The van der Waals surface area contributed by atoms with E-state index in [1.165, 1.54) is 32.4 Å². The molecule has 0 aromatic carbocycles. The fourth-order valence-electron chi connectivity index (χ4n) is 6.00. The van der Waals surface area contributed by atoms with Crippen LogP contribution in [0.3, 0.4) is 0 Å². The maximum Gasteiger partial charge on any atom is 0.241 e. The van der Waals surface area contributed by atoms with Gasteiger partial charge in [-0.05, 0) is 82.8 Å². The van der Waals surface area contributed by atoms with Gasteiger partial charge in [0.15, 0.2) is 0 Å². The van der Waals surface area contributed by atoms with E-state index in [9.17, 15) is 14.4 Å². The van der Waals surface area contributed by atoms with Crippen LogP contribution >= 0.6 is 0 Å². The maximum absolute atomic E-state index is 12.9. The van der Waals surface area contributed by atoms with Gasteiger partial charge in [0.1, 0.15) is 0 Å². The topological polar surface area (TPSA) is 73.0 Å². The molecule has 180 valence electrons. The molecule has 1 saturated carbocycles. The predicted molar refractivity (Wildman–Crippen MR) is 124 cm³/mol. The summed E-state index contributed by atoms with van der Waals surface area (Å²) < 4.78 is 0. The Morgan fingerprint density at radius 1 is 0.875 bits per heavy atom. The second-order valence-corrected chi connectivity index (χ2v) is 10.6. The Kier molecular flexibility index (Phi) is 8.08. The van der Waals surface area contributed by atoms with Gasteiger partial charge in [0, 0.05) is 38.0 Å². The van der Waals surface area contributed by atoms with Crippen molar-refractivity contribution >= 4 is 17.7 Å². The molecule has 0 radical (unpaired) electrons. The van der Waals surface area contributed by atoms with Crippen LogP contribution in [0, 0.1) is 17.8 Å². The molecule has 0 bridgehead atoms. The first-order valence-corrected chi connectivity index (χ1v) is 13.1. The number of carbonyl (C=O) groups is 3. The number of likely N-dealkylation sites (tertiary alicyclic amines) is 3. The number of hydrogen-bond donors (Lipinski definition) is 1. The van der Waals surface area contributed by atoms with E-state index in [0.717, 1.165) is 64.7 Å². The minimum atomic E-state index is 0.0288. The van der Waals surface area contributed by atoms with Crippen molar-refractivity contribution in [1.82, 2.24) is 20.0 Å². The first kappa shape index (κ1) is 23.5. The van der Waals surface area contributed by atoms with Crippen molar-refractivity contribution in [2.24, 2.45) is 17.8 Å². The van der Waals surface area contributed by atoms with Crippen LogP contribution in [0.5, 0.6) is 0 Å². The molecule has 4 aliphatic rings. The molecule has 1 aliphatic carbocycles. The summed E-state index contributed by atoms with van der Waals surface area (Å²) in [7, 11) is 0. The minimum absolute atomic E-state index is 0.0288. The maximum atomic E-state index is 12.9. The quantitative estimate of drug-likeness (QED) is 0.621. The third-order valence-corrected chi connectivity index (χ3v) is 8.23. The van der Waals surface area contributed by atoms with Crippen molar-refractivity contribution in [3.8, 4) is 0 Å². The van der Waals surface area contributed by atoms with Gasteiger partial charge in [-0.2, -0.15) is 0 Å². The highest BCUT2D eigenvalue weighted by molar-refractivity contribution is 5.87. The highest BCUT2D eigenvalue weighted by Crippen LogP contribution is 2.37. The number of rotatable bonds is 8. The first-order valence-electron chi connectivity index (χ1n) is 13.1. The molecule has 0 spiro atoms. The van der Waals surface area contributed by atoms with Crippen LogP contribution in [0.1, 0.15) is 71.1 Å². The van der Waals surface area contributed by atoms with Gasteiger partial charge < -0.3 is 20.0 Å². The number of carbonyl (C=O) groups excluding carboxylic acids is 3. The van der Waals surface area contributed by atoms with Gasteiger partial charge in [0.05, 0.1) is 6.54 Å². The molecule has 4 fully saturated rings. The van der Waals surface area contributed by atoms with Crippen molar-refractivity contribution in [3.05, 3.63) is 0 Å². The second-order valence-electron chi connectivity index (χ2n) is 10.6. The average Bonchev–Trinajstić information content (AvgIpc) is 3.34. The molecule has 3 heterocycles. The van der Waals surface area contributed by atoms with Crippen molar-refractivity contribution in [2.75, 3.05) is 45.8 Å². The van der Waals surface area contributed by atoms with Crippen molar-refractivity contribution in [1.29, 1.82) is 0 Å². The smallest absolute Gasteiger partial charge is 0.241 e. The van der Waals surface area contributed by atoms with Gasteiger partial charge in [-0.15, -0.1) is 0 Å². The monoisotopic (exact) mass is 446 g/mol. The SMILES string of the molecule is CC1CC1C(=O)NCC(=O)N1CCC(C2CCCN2C(=O)CCCN2CCCCC2)CC1. The van der Waals surface area contributed by atoms with E-state index in [1.807, 2.05) is 4.90 Å². The van der Waals surface area contributed by atoms with Crippen LogP contribution in [-0.4, -0.2) is 84.3 Å². The summed E-state index contributed by atoms with van der Waals surface area (Å²) in [5, 5.41) is 2.82. The summed E-state index contributed by atoms with van der Waals surface area (Å²) in [5.41, 5.74) is 0. The number of hydrogen-bond acceptors (Lipinski definition) is 4. The molecule has 7 heteroatoms. The fourth-order valence-corrected chi connectivity index (χ4v) is 6.00. The summed E-state index contributed by atoms with van der Waals surface area (Å²) in [6.45, 7) is 8.03. The van der Waals surface area contributed by atoms with Crippen LogP contribution in [0.4, 0.5) is 0 Å². The Morgan fingerprint density at radius 2 is 1.59 bits per heavy atom. The summed E-state index contributed by atoms with van der Waals surface area (Å²) in [6, 6.07) is 0.353. The summed E-state index contributed by atoms with van der Waals surface area (Å²) in [4.78, 5) is 44.0. The molecule has 7 nitrogen and oxygen atoms in total. The van der Waals surface area contributed by atoms with E-state index in [-0.39, 0.29) is 24.3 Å².